The van der Waals surface area contributed by atoms with E-state index >= 15 is 0 Å². The van der Waals surface area contributed by atoms with Crippen molar-refractivity contribution in [3.05, 3.63) is 12.2 Å². The highest BCUT2D eigenvalue weighted by molar-refractivity contribution is 5.80. The molecule has 0 aromatic carbocycles. The molecule has 0 amide bonds. The van der Waals surface area contributed by atoms with Gasteiger partial charge in [0.2, 0.25) is 0 Å². The van der Waals surface area contributed by atoms with Gasteiger partial charge >= 0.3 is 0 Å². The Morgan fingerprint density at radius 1 is 1.12 bits per heavy atom. The zero-order chi connectivity index (χ0) is 18.5. The van der Waals surface area contributed by atoms with Crippen LogP contribution in [0.15, 0.2) is 11.3 Å². The van der Waals surface area contributed by atoms with Crippen molar-refractivity contribution in [1.82, 2.24) is 25.4 Å². The summed E-state index contributed by atoms with van der Waals surface area (Å²) >= 11 is 0. The van der Waals surface area contributed by atoms with E-state index in [1.165, 1.54) is 32.1 Å². The molecule has 2 N–H and O–H groups in total. The fourth-order valence-corrected chi connectivity index (χ4v) is 2.66. The highest BCUT2D eigenvalue weighted by Crippen LogP contribution is 2.05. The number of nitrogens with one attached hydrogen (secondary N) is 2. The fraction of sp³-hybridized carbons (Fsp3) is 0.842. The molecule has 0 bridgehead atoms. The smallest absolute Gasteiger partial charge is 0.191 e. The lowest BCUT2D eigenvalue weighted by Crippen LogP contribution is -2.45. The maximum atomic E-state index is 4.76. The van der Waals surface area contributed by atoms with Gasteiger partial charge in [0.1, 0.15) is 12.2 Å². The Morgan fingerprint density at radius 2 is 1.88 bits per heavy atom. The number of rotatable bonds is 12. The minimum absolute atomic E-state index is 0.416. The Balaban J connectivity index is 2.53. The van der Waals surface area contributed by atoms with Gasteiger partial charge in [0.25, 0.3) is 0 Å². The molecule has 144 valence electrons. The lowest BCUT2D eigenvalue weighted by Gasteiger charge is -2.21. The van der Waals surface area contributed by atoms with E-state index in [0.717, 1.165) is 37.7 Å². The number of guanidine groups is 1. The van der Waals surface area contributed by atoms with Crippen molar-refractivity contribution >= 4 is 5.96 Å². The first-order chi connectivity index (χ1) is 12.1. The van der Waals surface area contributed by atoms with Gasteiger partial charge in [-0.3, -0.25) is 4.99 Å². The van der Waals surface area contributed by atoms with E-state index in [1.807, 2.05) is 0 Å². The van der Waals surface area contributed by atoms with Gasteiger partial charge in [0.15, 0.2) is 5.96 Å². The summed E-state index contributed by atoms with van der Waals surface area (Å²) in [5, 5.41) is 15.2. The maximum Gasteiger partial charge on any atom is 0.191 e. The number of nitrogens with zero attached hydrogens (tertiary/aromatic N) is 4. The quantitative estimate of drug-likeness (QED) is 0.344. The number of hydrogen-bond acceptors (Lipinski definition) is 3. The van der Waals surface area contributed by atoms with Gasteiger partial charge in [-0.2, -0.15) is 0 Å². The predicted octanol–water partition coefficient (Wildman–Crippen LogP) is 3.53. The molecule has 0 spiro atoms. The fourth-order valence-electron chi connectivity index (χ4n) is 2.66. The highest BCUT2D eigenvalue weighted by Gasteiger charge is 2.08. The molecular formula is C19H38N6. The summed E-state index contributed by atoms with van der Waals surface area (Å²) in [6.07, 6.45) is 10.2. The Bertz CT molecular complexity index is 482. The summed E-state index contributed by atoms with van der Waals surface area (Å²) in [4.78, 5) is 4.76. The van der Waals surface area contributed by atoms with Crippen LogP contribution in [0.1, 0.15) is 79.0 Å². The van der Waals surface area contributed by atoms with Crippen LogP contribution in [0.25, 0.3) is 0 Å². The van der Waals surface area contributed by atoms with E-state index in [4.69, 9.17) is 4.99 Å². The molecule has 0 aliphatic heterocycles. The van der Waals surface area contributed by atoms with Gasteiger partial charge in [-0.1, -0.05) is 46.5 Å². The molecule has 1 aromatic heterocycles. The Kier molecular flexibility index (Phi) is 10.9. The lowest BCUT2D eigenvalue weighted by molar-refractivity contribution is 0.526. The first-order valence-electron chi connectivity index (χ1n) is 10.0. The SMILES string of the molecule is CCCCCCC(C)NC(=NCCn1cnnc1CC)NC(C)CC. The normalized spacial score (nSPS) is 14.4. The molecule has 0 radical (unpaired) electrons. The number of hydrogen-bond donors (Lipinski definition) is 2. The minimum atomic E-state index is 0.416. The monoisotopic (exact) mass is 350 g/mol. The van der Waals surface area contributed by atoms with Crippen molar-refractivity contribution < 1.29 is 0 Å². The van der Waals surface area contributed by atoms with E-state index in [9.17, 15) is 0 Å². The second kappa shape index (κ2) is 12.7. The first kappa shape index (κ1) is 21.5. The summed E-state index contributed by atoms with van der Waals surface area (Å²) in [7, 11) is 0. The van der Waals surface area contributed by atoms with Crippen LogP contribution in [0.3, 0.4) is 0 Å². The third-order valence-electron chi connectivity index (χ3n) is 4.49. The third-order valence-corrected chi connectivity index (χ3v) is 4.49. The van der Waals surface area contributed by atoms with Crippen LogP contribution in [0.4, 0.5) is 0 Å². The van der Waals surface area contributed by atoms with Crippen molar-refractivity contribution in [2.24, 2.45) is 4.99 Å². The second-order valence-corrected chi connectivity index (χ2v) is 6.87. The summed E-state index contributed by atoms with van der Waals surface area (Å²) in [5.74, 6) is 1.94. The highest BCUT2D eigenvalue weighted by atomic mass is 15.3. The molecule has 25 heavy (non-hydrogen) atoms. The van der Waals surface area contributed by atoms with E-state index in [-0.39, 0.29) is 0 Å². The summed E-state index contributed by atoms with van der Waals surface area (Å²) < 4.78 is 2.08. The molecule has 1 aromatic rings. The van der Waals surface area contributed by atoms with E-state index in [2.05, 4.69) is 60.0 Å². The molecule has 6 nitrogen and oxygen atoms in total. The Labute approximate surface area is 153 Å². The second-order valence-electron chi connectivity index (χ2n) is 6.87. The average Bonchev–Trinajstić information content (AvgIpc) is 3.06. The van der Waals surface area contributed by atoms with Crippen LogP contribution >= 0.6 is 0 Å². The van der Waals surface area contributed by atoms with Gasteiger partial charge in [0.05, 0.1) is 6.54 Å². The molecular weight excluding hydrogens is 312 g/mol. The molecule has 0 saturated heterocycles. The van der Waals surface area contributed by atoms with Crippen molar-refractivity contribution in [1.29, 1.82) is 0 Å². The lowest BCUT2D eigenvalue weighted by atomic mass is 10.1. The number of unbranched alkanes of at least 4 members (excludes halogenated alkanes) is 3. The molecule has 0 fully saturated rings. The molecule has 2 unspecified atom stereocenters. The molecule has 0 saturated carbocycles. The van der Waals surface area contributed by atoms with Gasteiger partial charge in [-0.15, -0.1) is 10.2 Å². The Hall–Kier alpha value is -1.59. The van der Waals surface area contributed by atoms with Crippen molar-refractivity contribution in [3.8, 4) is 0 Å². The Morgan fingerprint density at radius 3 is 2.56 bits per heavy atom. The molecule has 0 aliphatic rings. The summed E-state index contributed by atoms with van der Waals surface area (Å²) in [6, 6.07) is 0.855. The zero-order valence-electron chi connectivity index (χ0n) is 16.9. The van der Waals surface area contributed by atoms with Gasteiger partial charge in [-0.05, 0) is 26.7 Å². The van der Waals surface area contributed by atoms with E-state index < -0.39 is 0 Å². The molecule has 6 heteroatoms. The van der Waals surface area contributed by atoms with Crippen LogP contribution in [0.2, 0.25) is 0 Å². The van der Waals surface area contributed by atoms with Crippen LogP contribution < -0.4 is 10.6 Å². The number of aromatic nitrogens is 3. The zero-order valence-corrected chi connectivity index (χ0v) is 16.9. The first-order valence-corrected chi connectivity index (χ1v) is 10.0. The number of aliphatic imine (C=N–C) groups is 1. The van der Waals surface area contributed by atoms with Gasteiger partial charge in [0, 0.05) is 25.0 Å². The van der Waals surface area contributed by atoms with Gasteiger partial charge in [-0.25, -0.2) is 0 Å². The van der Waals surface area contributed by atoms with Crippen molar-refractivity contribution in [3.63, 3.8) is 0 Å². The molecule has 1 heterocycles. The van der Waals surface area contributed by atoms with E-state index in [1.54, 1.807) is 6.33 Å². The van der Waals surface area contributed by atoms with Crippen LogP contribution in [0.5, 0.6) is 0 Å². The van der Waals surface area contributed by atoms with Crippen molar-refractivity contribution in [2.45, 2.75) is 98.2 Å². The van der Waals surface area contributed by atoms with Gasteiger partial charge < -0.3 is 15.2 Å². The van der Waals surface area contributed by atoms with Crippen LogP contribution in [0, 0.1) is 0 Å². The summed E-state index contributed by atoms with van der Waals surface area (Å²) in [6.45, 7) is 12.5. The topological polar surface area (TPSA) is 67.1 Å². The minimum Gasteiger partial charge on any atom is -0.354 e. The molecule has 0 aliphatic carbocycles. The largest absolute Gasteiger partial charge is 0.354 e. The number of aryl methyl sites for hydroxylation is 1. The molecule has 1 rings (SSSR count). The molecule has 2 atom stereocenters. The average molecular weight is 351 g/mol. The standard InChI is InChI=1S/C19H38N6/c1-6-9-10-11-12-17(5)23-19(22-16(4)7-2)20-13-14-25-15-21-24-18(25)8-3/h15-17H,6-14H2,1-5H3,(H2,20,22,23). The van der Waals surface area contributed by atoms with E-state index in [0.29, 0.717) is 12.1 Å². The van der Waals surface area contributed by atoms with Crippen LogP contribution in [-0.2, 0) is 13.0 Å². The van der Waals surface area contributed by atoms with Crippen LogP contribution in [-0.4, -0.2) is 39.4 Å². The predicted molar refractivity (Wildman–Crippen MR) is 106 cm³/mol. The van der Waals surface area contributed by atoms with Crippen molar-refractivity contribution in [2.75, 3.05) is 6.54 Å². The summed E-state index contributed by atoms with van der Waals surface area (Å²) in [5.41, 5.74) is 0. The maximum absolute atomic E-state index is 4.76. The third kappa shape index (κ3) is 8.89.